The second-order valence-corrected chi connectivity index (χ2v) is 8.45. The Morgan fingerprint density at radius 3 is 2.79 bits per heavy atom. The Bertz CT molecular complexity index is 1490. The lowest BCUT2D eigenvalue weighted by Crippen LogP contribution is -2.29. The number of primary amides is 1. The molecule has 0 saturated carbocycles. The van der Waals surface area contributed by atoms with Gasteiger partial charge in [-0.3, -0.25) is 14.6 Å². The van der Waals surface area contributed by atoms with Crippen LogP contribution in [0, 0.1) is 0 Å². The molecule has 170 valence electrons. The second-order valence-electron chi connectivity index (χ2n) is 8.45. The van der Waals surface area contributed by atoms with Crippen LogP contribution in [-0.4, -0.2) is 54.0 Å². The Balaban J connectivity index is 1.37. The number of nitrogens with zero attached hydrogens (tertiary/aromatic N) is 6. The van der Waals surface area contributed by atoms with Gasteiger partial charge in [0.05, 0.1) is 29.6 Å². The largest absolute Gasteiger partial charge is 0.366 e. The summed E-state index contributed by atoms with van der Waals surface area (Å²) in [6.07, 6.45) is 7.64. The molecule has 0 unspecified atom stereocenters. The highest BCUT2D eigenvalue weighted by Crippen LogP contribution is 2.29. The number of nitrogens with two attached hydrogens (primary N) is 1. The van der Waals surface area contributed by atoms with Crippen LogP contribution in [0.5, 0.6) is 0 Å². The first-order valence-corrected chi connectivity index (χ1v) is 11.2. The zero-order chi connectivity index (χ0) is 23.1. The van der Waals surface area contributed by atoms with E-state index in [0.29, 0.717) is 22.9 Å². The molecular formula is C24H23N9O. The van der Waals surface area contributed by atoms with Gasteiger partial charge in [-0.2, -0.15) is 10.2 Å². The van der Waals surface area contributed by atoms with Gasteiger partial charge in [0.2, 0.25) is 5.91 Å². The van der Waals surface area contributed by atoms with Crippen molar-refractivity contribution in [1.82, 2.24) is 40.3 Å². The molecule has 1 fully saturated rings. The zero-order valence-electron chi connectivity index (χ0n) is 18.3. The number of amides is 1. The molecule has 0 bridgehead atoms. The number of para-hydroxylation sites is 1. The summed E-state index contributed by atoms with van der Waals surface area (Å²) in [4.78, 5) is 12.2. The number of aromatic amines is 1. The number of rotatable bonds is 5. The van der Waals surface area contributed by atoms with Gasteiger partial charge in [0, 0.05) is 22.7 Å². The summed E-state index contributed by atoms with van der Waals surface area (Å²) in [6, 6.07) is 13.6. The van der Waals surface area contributed by atoms with Crippen LogP contribution in [-0.2, 0) is 0 Å². The summed E-state index contributed by atoms with van der Waals surface area (Å²) < 4.78 is 3.66. The lowest BCUT2D eigenvalue weighted by atomic mass is 10.0. The molecule has 1 amide bonds. The maximum absolute atomic E-state index is 12.2. The summed E-state index contributed by atoms with van der Waals surface area (Å²) in [7, 11) is 0. The first-order valence-electron chi connectivity index (χ1n) is 11.2. The fourth-order valence-corrected chi connectivity index (χ4v) is 4.53. The van der Waals surface area contributed by atoms with Gasteiger partial charge in [-0.25, -0.2) is 4.68 Å². The maximum Gasteiger partial charge on any atom is 0.249 e. The van der Waals surface area contributed by atoms with Crippen LogP contribution in [0.3, 0.4) is 0 Å². The molecular weight excluding hydrogens is 430 g/mol. The van der Waals surface area contributed by atoms with Crippen molar-refractivity contribution in [3.8, 4) is 28.2 Å². The van der Waals surface area contributed by atoms with Gasteiger partial charge in [0.25, 0.3) is 0 Å². The fourth-order valence-electron chi connectivity index (χ4n) is 4.53. The first-order chi connectivity index (χ1) is 16.7. The van der Waals surface area contributed by atoms with E-state index in [2.05, 4.69) is 30.9 Å². The Kier molecular flexibility index (Phi) is 4.92. The second kappa shape index (κ2) is 8.23. The topological polar surface area (TPSA) is 132 Å². The molecule has 10 nitrogen and oxygen atoms in total. The van der Waals surface area contributed by atoms with Gasteiger partial charge in [0.1, 0.15) is 11.4 Å². The number of nitrogens with one attached hydrogen (secondary N) is 2. The Hall–Kier alpha value is -4.31. The number of hydrogen-bond acceptors (Lipinski definition) is 6. The van der Waals surface area contributed by atoms with Gasteiger partial charge in [-0.15, -0.1) is 5.10 Å². The predicted molar refractivity (Wildman–Crippen MR) is 127 cm³/mol. The van der Waals surface area contributed by atoms with E-state index in [1.807, 2.05) is 53.5 Å². The lowest BCUT2D eigenvalue weighted by Gasteiger charge is -2.22. The maximum atomic E-state index is 12.2. The van der Waals surface area contributed by atoms with Gasteiger partial charge >= 0.3 is 0 Å². The molecule has 6 rings (SSSR count). The van der Waals surface area contributed by atoms with Crippen molar-refractivity contribution in [3.63, 3.8) is 0 Å². The van der Waals surface area contributed by atoms with E-state index in [-0.39, 0.29) is 0 Å². The minimum absolute atomic E-state index is 0.344. The molecule has 5 aromatic rings. The predicted octanol–water partition coefficient (Wildman–Crippen LogP) is 2.70. The Labute approximate surface area is 194 Å². The minimum Gasteiger partial charge on any atom is -0.366 e. The molecule has 0 spiro atoms. The number of carbonyl (C=O) groups excluding carboxylic acids is 1. The SMILES string of the molecule is NC(=O)c1ccc(-n2cc(-c3n[nH]c4ccccc34)nn2)cc1-c1cnn(C2CCNCC2)c1. The van der Waals surface area contributed by atoms with E-state index in [1.54, 1.807) is 16.9 Å². The van der Waals surface area contributed by atoms with Crippen molar-refractivity contribution >= 4 is 16.8 Å². The minimum atomic E-state index is -0.488. The number of hydrogen-bond donors (Lipinski definition) is 3. The highest BCUT2D eigenvalue weighted by atomic mass is 16.1. The summed E-state index contributed by atoms with van der Waals surface area (Å²) in [6.45, 7) is 1.95. The molecule has 1 saturated heterocycles. The third-order valence-corrected chi connectivity index (χ3v) is 6.33. The fraction of sp³-hybridized carbons (Fsp3) is 0.208. The highest BCUT2D eigenvalue weighted by Gasteiger charge is 2.19. The van der Waals surface area contributed by atoms with Crippen LogP contribution in [0.4, 0.5) is 0 Å². The average molecular weight is 454 g/mol. The summed E-state index contributed by atoms with van der Waals surface area (Å²) in [5.74, 6) is -0.488. The number of carbonyl (C=O) groups is 1. The molecule has 10 heteroatoms. The van der Waals surface area contributed by atoms with E-state index in [9.17, 15) is 4.79 Å². The van der Waals surface area contributed by atoms with Crippen LogP contribution < -0.4 is 11.1 Å². The monoisotopic (exact) mass is 453 g/mol. The molecule has 2 aromatic carbocycles. The van der Waals surface area contributed by atoms with Crippen molar-refractivity contribution in [1.29, 1.82) is 0 Å². The van der Waals surface area contributed by atoms with Crippen molar-refractivity contribution in [2.45, 2.75) is 18.9 Å². The molecule has 1 aliphatic heterocycles. The van der Waals surface area contributed by atoms with E-state index >= 15 is 0 Å². The van der Waals surface area contributed by atoms with Gasteiger partial charge in [-0.05, 0) is 55.8 Å². The van der Waals surface area contributed by atoms with Gasteiger partial charge in [-0.1, -0.05) is 23.4 Å². The van der Waals surface area contributed by atoms with Crippen LogP contribution in [0.1, 0.15) is 29.2 Å². The number of fused-ring (bicyclic) bond motifs is 1. The third-order valence-electron chi connectivity index (χ3n) is 6.33. The number of piperidine rings is 1. The van der Waals surface area contributed by atoms with Crippen LogP contribution >= 0.6 is 0 Å². The Morgan fingerprint density at radius 1 is 1.09 bits per heavy atom. The lowest BCUT2D eigenvalue weighted by molar-refractivity contribution is 0.100. The molecule has 0 radical (unpaired) electrons. The molecule has 0 aliphatic carbocycles. The first kappa shape index (κ1) is 20.3. The van der Waals surface area contributed by atoms with Gasteiger partial charge < -0.3 is 11.1 Å². The van der Waals surface area contributed by atoms with E-state index in [1.165, 1.54) is 0 Å². The summed E-state index contributed by atoms with van der Waals surface area (Å²) in [5.41, 5.74) is 10.8. The number of aromatic nitrogens is 7. The zero-order valence-corrected chi connectivity index (χ0v) is 18.3. The number of H-pyrrole nitrogens is 1. The normalized spacial score (nSPS) is 14.6. The Morgan fingerprint density at radius 2 is 1.94 bits per heavy atom. The van der Waals surface area contributed by atoms with E-state index in [4.69, 9.17) is 5.73 Å². The highest BCUT2D eigenvalue weighted by molar-refractivity contribution is 6.00. The summed E-state index contributed by atoms with van der Waals surface area (Å²) >= 11 is 0. The van der Waals surface area contributed by atoms with Crippen molar-refractivity contribution in [2.75, 3.05) is 13.1 Å². The smallest absolute Gasteiger partial charge is 0.249 e. The van der Waals surface area contributed by atoms with E-state index in [0.717, 1.165) is 53.8 Å². The van der Waals surface area contributed by atoms with Crippen LogP contribution in [0.2, 0.25) is 0 Å². The third kappa shape index (κ3) is 3.54. The van der Waals surface area contributed by atoms with Crippen molar-refractivity contribution < 1.29 is 4.79 Å². The molecule has 4 heterocycles. The number of benzene rings is 2. The van der Waals surface area contributed by atoms with Gasteiger partial charge in [0.15, 0.2) is 0 Å². The standard InChI is InChI=1S/C24H23N9O/c25-24(34)18-6-5-17(11-20(18)15-12-27-32(13-15)16-7-9-26-10-8-16)33-14-22(29-31-33)23-19-3-1-2-4-21(19)28-30-23/h1-6,11-14,16,26H,7-10H2,(H2,25,34)(H,28,30). The quantitative estimate of drug-likeness (QED) is 0.375. The van der Waals surface area contributed by atoms with Crippen LogP contribution in [0.15, 0.2) is 61.1 Å². The average Bonchev–Trinajstić information content (AvgIpc) is 3.63. The molecule has 4 N–H and O–H groups in total. The summed E-state index contributed by atoms with van der Waals surface area (Å²) in [5, 5.41) is 25.0. The van der Waals surface area contributed by atoms with E-state index < -0.39 is 5.91 Å². The molecule has 3 aromatic heterocycles. The van der Waals surface area contributed by atoms with Crippen molar-refractivity contribution in [2.24, 2.45) is 5.73 Å². The molecule has 1 aliphatic rings. The molecule has 0 atom stereocenters. The van der Waals surface area contributed by atoms with Crippen molar-refractivity contribution in [3.05, 3.63) is 66.6 Å². The molecule has 34 heavy (non-hydrogen) atoms. The van der Waals surface area contributed by atoms with Crippen LogP contribution in [0.25, 0.3) is 39.1 Å².